The van der Waals surface area contributed by atoms with Gasteiger partial charge >= 0.3 is 0 Å². The van der Waals surface area contributed by atoms with E-state index in [2.05, 4.69) is 14.7 Å². The van der Waals surface area contributed by atoms with Crippen LogP contribution in [0, 0.1) is 0 Å². The maximum absolute atomic E-state index is 12.1. The molecule has 2 aromatic rings. The highest BCUT2D eigenvalue weighted by atomic mass is 35.5. The molecule has 6 nitrogen and oxygen atoms in total. The summed E-state index contributed by atoms with van der Waals surface area (Å²) in [5.41, 5.74) is 0.248. The third-order valence-electron chi connectivity index (χ3n) is 2.22. The molecular formula is C11H10ClN3O3S. The van der Waals surface area contributed by atoms with Crippen LogP contribution in [-0.4, -0.2) is 25.5 Å². The van der Waals surface area contributed by atoms with Crippen LogP contribution in [0.25, 0.3) is 0 Å². The number of sulfonamides is 1. The van der Waals surface area contributed by atoms with Gasteiger partial charge in [0, 0.05) is 12.4 Å². The molecule has 0 unspecified atom stereocenters. The van der Waals surface area contributed by atoms with Crippen molar-refractivity contribution in [2.45, 2.75) is 4.90 Å². The number of methoxy groups -OCH3 is 1. The number of rotatable bonds is 4. The Balaban J connectivity index is 2.37. The molecule has 8 heteroatoms. The first-order valence-electron chi connectivity index (χ1n) is 5.16. The summed E-state index contributed by atoms with van der Waals surface area (Å²) in [5, 5.41) is 0.0982. The number of ether oxygens (including phenoxy) is 1. The van der Waals surface area contributed by atoms with Crippen LogP contribution >= 0.6 is 11.6 Å². The number of pyridine rings is 2. The zero-order valence-electron chi connectivity index (χ0n) is 9.87. The van der Waals surface area contributed by atoms with Gasteiger partial charge in [-0.2, -0.15) is 0 Å². The van der Waals surface area contributed by atoms with Crippen molar-refractivity contribution in [2.75, 3.05) is 11.8 Å². The van der Waals surface area contributed by atoms with Gasteiger partial charge < -0.3 is 4.74 Å². The van der Waals surface area contributed by atoms with Crippen LogP contribution in [-0.2, 0) is 10.0 Å². The fourth-order valence-electron chi connectivity index (χ4n) is 1.39. The minimum atomic E-state index is -3.76. The van der Waals surface area contributed by atoms with Crippen molar-refractivity contribution in [1.82, 2.24) is 9.97 Å². The maximum atomic E-state index is 12.1. The first kappa shape index (κ1) is 13.6. The molecule has 2 heterocycles. The van der Waals surface area contributed by atoms with E-state index < -0.39 is 10.0 Å². The van der Waals surface area contributed by atoms with Gasteiger partial charge in [-0.15, -0.1) is 0 Å². The lowest BCUT2D eigenvalue weighted by Gasteiger charge is -2.10. The van der Waals surface area contributed by atoms with Crippen molar-refractivity contribution in [3.8, 4) is 5.88 Å². The monoisotopic (exact) mass is 299 g/mol. The molecule has 0 saturated carbocycles. The van der Waals surface area contributed by atoms with Crippen molar-refractivity contribution in [2.24, 2.45) is 0 Å². The second-order valence-electron chi connectivity index (χ2n) is 3.48. The lowest BCUT2D eigenvalue weighted by atomic mass is 10.4. The fraction of sp³-hybridized carbons (Fsp3) is 0.0909. The van der Waals surface area contributed by atoms with Gasteiger partial charge in [0.2, 0.25) is 5.88 Å². The normalized spacial score (nSPS) is 11.1. The van der Waals surface area contributed by atoms with Crippen LogP contribution < -0.4 is 9.46 Å². The van der Waals surface area contributed by atoms with Gasteiger partial charge in [-0.1, -0.05) is 11.6 Å². The van der Waals surface area contributed by atoms with E-state index in [4.69, 9.17) is 16.3 Å². The second kappa shape index (κ2) is 5.41. The number of anilines is 1. The molecule has 0 saturated heterocycles. The van der Waals surface area contributed by atoms with Crippen molar-refractivity contribution < 1.29 is 13.2 Å². The highest BCUT2D eigenvalue weighted by Gasteiger charge is 2.17. The summed E-state index contributed by atoms with van der Waals surface area (Å²) in [6, 6.07) is 5.75. The number of nitrogens with zero attached hydrogens (tertiary/aromatic N) is 2. The Morgan fingerprint density at radius 1 is 1.26 bits per heavy atom. The third kappa shape index (κ3) is 3.12. The van der Waals surface area contributed by atoms with E-state index in [0.717, 1.165) is 0 Å². The van der Waals surface area contributed by atoms with E-state index >= 15 is 0 Å². The Bertz CT molecular complexity index is 691. The third-order valence-corrected chi connectivity index (χ3v) is 3.79. The summed E-state index contributed by atoms with van der Waals surface area (Å²) in [7, 11) is -2.36. The zero-order valence-corrected chi connectivity index (χ0v) is 11.4. The summed E-state index contributed by atoms with van der Waals surface area (Å²) in [5.74, 6) is 0.186. The van der Waals surface area contributed by atoms with E-state index in [1.165, 1.54) is 31.6 Å². The number of halogens is 1. The van der Waals surface area contributed by atoms with Crippen molar-refractivity contribution in [3.05, 3.63) is 41.8 Å². The lowest BCUT2D eigenvalue weighted by Crippen LogP contribution is -2.14. The summed E-state index contributed by atoms with van der Waals surface area (Å²) < 4.78 is 31.6. The number of hydrogen-bond acceptors (Lipinski definition) is 5. The van der Waals surface area contributed by atoms with Gasteiger partial charge in [-0.05, 0) is 24.3 Å². The summed E-state index contributed by atoms with van der Waals surface area (Å²) in [6.07, 6.45) is 2.82. The SMILES string of the molecule is COc1ncccc1NS(=O)(=O)c1ccnc(Cl)c1. The Morgan fingerprint density at radius 3 is 2.74 bits per heavy atom. The zero-order chi connectivity index (χ0) is 13.9. The molecule has 0 fully saturated rings. The molecule has 0 amide bonds. The van der Waals surface area contributed by atoms with E-state index in [0.29, 0.717) is 0 Å². The highest BCUT2D eigenvalue weighted by molar-refractivity contribution is 7.92. The average molecular weight is 300 g/mol. The van der Waals surface area contributed by atoms with E-state index in [9.17, 15) is 8.42 Å². The summed E-state index contributed by atoms with van der Waals surface area (Å²) in [6.45, 7) is 0. The molecule has 100 valence electrons. The fourth-order valence-corrected chi connectivity index (χ4v) is 2.69. The lowest BCUT2D eigenvalue weighted by molar-refractivity contribution is 0.400. The van der Waals surface area contributed by atoms with E-state index in [1.54, 1.807) is 12.1 Å². The molecule has 2 rings (SSSR count). The second-order valence-corrected chi connectivity index (χ2v) is 5.55. The van der Waals surface area contributed by atoms with Crippen LogP contribution in [0.5, 0.6) is 5.88 Å². The van der Waals surface area contributed by atoms with Gasteiger partial charge in [-0.25, -0.2) is 18.4 Å². The molecule has 0 aliphatic rings. The smallest absolute Gasteiger partial charge is 0.262 e. The molecule has 0 aromatic carbocycles. The largest absolute Gasteiger partial charge is 0.480 e. The van der Waals surface area contributed by atoms with Crippen LogP contribution in [0.15, 0.2) is 41.6 Å². The van der Waals surface area contributed by atoms with Crippen LogP contribution in [0.4, 0.5) is 5.69 Å². The predicted octanol–water partition coefficient (Wildman–Crippen LogP) is 1.94. The Morgan fingerprint density at radius 2 is 2.05 bits per heavy atom. The Kier molecular flexibility index (Phi) is 3.87. The molecular weight excluding hydrogens is 290 g/mol. The first-order valence-corrected chi connectivity index (χ1v) is 7.02. The van der Waals surface area contributed by atoms with Gasteiger partial charge in [-0.3, -0.25) is 4.72 Å². The highest BCUT2D eigenvalue weighted by Crippen LogP contribution is 2.24. The molecule has 2 aromatic heterocycles. The van der Waals surface area contributed by atoms with E-state index in [1.807, 2.05) is 0 Å². The van der Waals surface area contributed by atoms with Crippen molar-refractivity contribution in [1.29, 1.82) is 0 Å². The van der Waals surface area contributed by atoms with Gasteiger partial charge in [0.15, 0.2) is 0 Å². The maximum Gasteiger partial charge on any atom is 0.262 e. The average Bonchev–Trinajstić information content (AvgIpc) is 2.39. The van der Waals surface area contributed by atoms with Crippen molar-refractivity contribution in [3.63, 3.8) is 0 Å². The van der Waals surface area contributed by atoms with Gasteiger partial charge in [0.25, 0.3) is 10.0 Å². The molecule has 0 aliphatic carbocycles. The van der Waals surface area contributed by atoms with Crippen LogP contribution in [0.3, 0.4) is 0 Å². The molecule has 0 radical (unpaired) electrons. The minimum Gasteiger partial charge on any atom is -0.480 e. The van der Waals surface area contributed by atoms with Gasteiger partial charge in [0.1, 0.15) is 10.8 Å². The Labute approximate surface area is 115 Å². The Hall–Kier alpha value is -1.86. The molecule has 0 atom stereocenters. The quantitative estimate of drug-likeness (QED) is 0.873. The number of nitrogens with one attached hydrogen (secondary N) is 1. The van der Waals surface area contributed by atoms with Crippen molar-refractivity contribution >= 4 is 27.3 Å². The molecule has 0 spiro atoms. The topological polar surface area (TPSA) is 81.2 Å². The standard InChI is InChI=1S/C11H10ClN3O3S/c1-18-11-9(3-2-5-14-11)15-19(16,17)8-4-6-13-10(12)7-8/h2-7,15H,1H3. The first-order chi connectivity index (χ1) is 9.03. The van der Waals surface area contributed by atoms with Crippen LogP contribution in [0.1, 0.15) is 0 Å². The predicted molar refractivity (Wildman–Crippen MR) is 70.8 cm³/mol. The summed E-state index contributed by atoms with van der Waals surface area (Å²) in [4.78, 5) is 7.65. The number of aromatic nitrogens is 2. The molecule has 19 heavy (non-hydrogen) atoms. The minimum absolute atomic E-state index is 0.0124. The summed E-state index contributed by atoms with van der Waals surface area (Å²) >= 11 is 5.67. The van der Waals surface area contributed by atoms with E-state index in [-0.39, 0.29) is 21.6 Å². The molecule has 0 bridgehead atoms. The van der Waals surface area contributed by atoms with Crippen LogP contribution in [0.2, 0.25) is 5.15 Å². The molecule has 0 aliphatic heterocycles. The number of hydrogen-bond donors (Lipinski definition) is 1. The molecule has 1 N–H and O–H groups in total. The van der Waals surface area contributed by atoms with Gasteiger partial charge in [0.05, 0.1) is 12.0 Å².